The molecule has 0 fully saturated rings. The van der Waals surface area contributed by atoms with Crippen LogP contribution >= 0.6 is 0 Å². The molecule has 0 radical (unpaired) electrons. The highest BCUT2D eigenvalue weighted by molar-refractivity contribution is 5.95. The second-order valence-corrected chi connectivity index (χ2v) is 3.86. The van der Waals surface area contributed by atoms with E-state index in [-0.39, 0.29) is 18.0 Å². The average Bonchev–Trinajstić information content (AvgIpc) is 2.35. The summed E-state index contributed by atoms with van der Waals surface area (Å²) in [5, 5.41) is 7.24. The molecule has 0 aliphatic carbocycles. The molecule has 0 atom stereocenters. The van der Waals surface area contributed by atoms with Crippen LogP contribution in [0.15, 0.2) is 18.2 Å². The number of hydrogen-bond acceptors (Lipinski definition) is 3. The van der Waals surface area contributed by atoms with E-state index in [2.05, 4.69) is 0 Å². The fourth-order valence-electron chi connectivity index (χ4n) is 1.45. The summed E-state index contributed by atoms with van der Waals surface area (Å²) in [5.41, 5.74) is 5.79. The van der Waals surface area contributed by atoms with Gasteiger partial charge in [-0.05, 0) is 12.5 Å². The Hall–Kier alpha value is -1.46. The number of nitrogens with one attached hydrogen (secondary N) is 1. The summed E-state index contributed by atoms with van der Waals surface area (Å²) in [6.45, 7) is 3.81. The van der Waals surface area contributed by atoms with Gasteiger partial charge in [-0.1, -0.05) is 19.1 Å². The van der Waals surface area contributed by atoms with E-state index in [9.17, 15) is 4.39 Å². The molecule has 0 heterocycles. The highest BCUT2D eigenvalue weighted by Crippen LogP contribution is 2.13. The van der Waals surface area contributed by atoms with Crippen LogP contribution in [0.2, 0.25) is 0 Å². The molecular formula is C13H19FN2O2. The lowest BCUT2D eigenvalue weighted by molar-refractivity contribution is 0.0399. The van der Waals surface area contributed by atoms with Gasteiger partial charge in [0.15, 0.2) is 0 Å². The molecule has 1 rings (SSSR count). The lowest BCUT2D eigenvalue weighted by Gasteiger charge is -2.08. The zero-order chi connectivity index (χ0) is 13.4. The first kappa shape index (κ1) is 14.6. The number of benzene rings is 1. The Morgan fingerprint density at radius 2 is 2.00 bits per heavy atom. The number of ether oxygens (including phenoxy) is 2. The molecule has 0 saturated carbocycles. The molecule has 4 nitrogen and oxygen atoms in total. The Balaban J connectivity index is 2.43. The van der Waals surface area contributed by atoms with Crippen molar-refractivity contribution in [1.82, 2.24) is 0 Å². The van der Waals surface area contributed by atoms with Crippen molar-refractivity contribution in [3.63, 3.8) is 0 Å². The van der Waals surface area contributed by atoms with E-state index in [1.165, 1.54) is 6.07 Å². The lowest BCUT2D eigenvalue weighted by Crippen LogP contribution is -2.14. The predicted molar refractivity (Wildman–Crippen MR) is 68.2 cm³/mol. The molecule has 5 heteroatoms. The van der Waals surface area contributed by atoms with Crippen molar-refractivity contribution in [3.05, 3.63) is 35.1 Å². The molecule has 1 aromatic carbocycles. The number of hydrogen-bond donors (Lipinski definition) is 2. The third kappa shape index (κ3) is 4.43. The van der Waals surface area contributed by atoms with Gasteiger partial charge >= 0.3 is 0 Å². The summed E-state index contributed by atoms with van der Waals surface area (Å²) in [7, 11) is 0. The fourth-order valence-corrected chi connectivity index (χ4v) is 1.45. The topological polar surface area (TPSA) is 68.3 Å². The first-order valence-corrected chi connectivity index (χ1v) is 5.94. The van der Waals surface area contributed by atoms with Gasteiger partial charge in [-0.25, -0.2) is 4.39 Å². The second-order valence-electron chi connectivity index (χ2n) is 3.86. The van der Waals surface area contributed by atoms with Gasteiger partial charge in [0.1, 0.15) is 11.7 Å². The highest BCUT2D eigenvalue weighted by Gasteiger charge is 2.09. The van der Waals surface area contributed by atoms with Crippen LogP contribution in [0, 0.1) is 11.2 Å². The van der Waals surface area contributed by atoms with E-state index in [0.717, 1.165) is 6.42 Å². The van der Waals surface area contributed by atoms with Crippen molar-refractivity contribution in [3.8, 4) is 0 Å². The Morgan fingerprint density at radius 1 is 1.28 bits per heavy atom. The zero-order valence-electron chi connectivity index (χ0n) is 10.5. The molecule has 0 aliphatic heterocycles. The largest absolute Gasteiger partial charge is 0.384 e. The predicted octanol–water partition coefficient (Wildman–Crippen LogP) is 2.05. The summed E-state index contributed by atoms with van der Waals surface area (Å²) in [4.78, 5) is 0. The van der Waals surface area contributed by atoms with E-state index < -0.39 is 5.82 Å². The monoisotopic (exact) mass is 254 g/mol. The maximum Gasteiger partial charge on any atom is 0.139 e. The Kier molecular flexibility index (Phi) is 6.32. The molecule has 0 spiro atoms. The minimum atomic E-state index is -0.487. The van der Waals surface area contributed by atoms with Gasteiger partial charge in [0.25, 0.3) is 0 Å². The van der Waals surface area contributed by atoms with Gasteiger partial charge in [0, 0.05) is 12.2 Å². The minimum absolute atomic E-state index is 0.110. The summed E-state index contributed by atoms with van der Waals surface area (Å²) in [6.07, 6.45) is 0.968. The summed E-state index contributed by atoms with van der Waals surface area (Å²) >= 11 is 0. The van der Waals surface area contributed by atoms with Crippen LogP contribution in [-0.2, 0) is 16.1 Å². The van der Waals surface area contributed by atoms with Crippen molar-refractivity contribution in [2.45, 2.75) is 20.0 Å². The normalized spacial score (nSPS) is 10.6. The van der Waals surface area contributed by atoms with E-state index in [0.29, 0.717) is 25.4 Å². The third-order valence-corrected chi connectivity index (χ3v) is 2.35. The SMILES string of the molecule is CCCOCCOCc1cccc(C(=N)N)c1F. The van der Waals surface area contributed by atoms with Crippen LogP contribution in [0.1, 0.15) is 24.5 Å². The molecule has 0 aromatic heterocycles. The summed E-state index contributed by atoms with van der Waals surface area (Å²) in [5.74, 6) is -0.764. The Morgan fingerprint density at radius 3 is 2.67 bits per heavy atom. The number of rotatable bonds is 8. The van der Waals surface area contributed by atoms with Crippen LogP contribution in [0.5, 0.6) is 0 Å². The van der Waals surface area contributed by atoms with Gasteiger partial charge in [-0.15, -0.1) is 0 Å². The minimum Gasteiger partial charge on any atom is -0.384 e. The Bertz CT molecular complexity index is 397. The van der Waals surface area contributed by atoms with Crippen molar-refractivity contribution >= 4 is 5.84 Å². The van der Waals surface area contributed by atoms with Crippen molar-refractivity contribution in [2.75, 3.05) is 19.8 Å². The molecule has 0 aliphatic rings. The van der Waals surface area contributed by atoms with Crippen molar-refractivity contribution < 1.29 is 13.9 Å². The van der Waals surface area contributed by atoms with E-state index >= 15 is 0 Å². The van der Waals surface area contributed by atoms with Gasteiger partial charge in [0.05, 0.1) is 25.4 Å². The smallest absolute Gasteiger partial charge is 0.139 e. The molecule has 18 heavy (non-hydrogen) atoms. The molecule has 1 aromatic rings. The molecule has 0 saturated heterocycles. The van der Waals surface area contributed by atoms with Crippen LogP contribution in [0.25, 0.3) is 0 Å². The molecule has 0 bridgehead atoms. The summed E-state index contributed by atoms with van der Waals surface area (Å²) < 4.78 is 24.4. The standard InChI is InChI=1S/C13H19FN2O2/c1-2-6-17-7-8-18-9-10-4-3-5-11(12(10)14)13(15)16/h3-5H,2,6-9H2,1H3,(H3,15,16). The summed E-state index contributed by atoms with van der Waals surface area (Å²) in [6, 6.07) is 4.76. The molecule has 3 N–H and O–H groups in total. The van der Waals surface area contributed by atoms with Gasteiger partial charge < -0.3 is 15.2 Å². The first-order valence-electron chi connectivity index (χ1n) is 5.94. The first-order chi connectivity index (χ1) is 8.66. The van der Waals surface area contributed by atoms with Crippen molar-refractivity contribution in [2.24, 2.45) is 5.73 Å². The fraction of sp³-hybridized carbons (Fsp3) is 0.462. The molecular weight excluding hydrogens is 235 g/mol. The number of halogens is 1. The Labute approximate surface area is 106 Å². The maximum atomic E-state index is 13.8. The van der Waals surface area contributed by atoms with Crippen LogP contribution < -0.4 is 5.73 Å². The van der Waals surface area contributed by atoms with Crippen LogP contribution in [-0.4, -0.2) is 25.7 Å². The van der Waals surface area contributed by atoms with Crippen LogP contribution in [0.4, 0.5) is 4.39 Å². The quantitative estimate of drug-likeness (QED) is 0.424. The zero-order valence-corrected chi connectivity index (χ0v) is 10.5. The molecule has 100 valence electrons. The average molecular weight is 254 g/mol. The van der Waals surface area contributed by atoms with E-state index in [1.807, 2.05) is 6.92 Å². The maximum absolute atomic E-state index is 13.8. The second kappa shape index (κ2) is 7.79. The highest BCUT2D eigenvalue weighted by atomic mass is 19.1. The van der Waals surface area contributed by atoms with E-state index in [4.69, 9.17) is 20.6 Å². The van der Waals surface area contributed by atoms with Crippen LogP contribution in [0.3, 0.4) is 0 Å². The molecule has 0 amide bonds. The van der Waals surface area contributed by atoms with Crippen molar-refractivity contribution in [1.29, 1.82) is 5.41 Å². The number of nitrogens with two attached hydrogens (primary N) is 1. The molecule has 0 unspecified atom stereocenters. The van der Waals surface area contributed by atoms with Gasteiger partial charge in [0.2, 0.25) is 0 Å². The number of nitrogen functional groups attached to an aromatic ring is 1. The lowest BCUT2D eigenvalue weighted by atomic mass is 10.1. The van der Waals surface area contributed by atoms with Gasteiger partial charge in [-0.2, -0.15) is 0 Å². The third-order valence-electron chi connectivity index (χ3n) is 2.35. The van der Waals surface area contributed by atoms with Gasteiger partial charge in [-0.3, -0.25) is 5.41 Å². The number of amidine groups is 1. The van der Waals surface area contributed by atoms with E-state index in [1.54, 1.807) is 12.1 Å².